The maximum atomic E-state index is 13.9. The van der Waals surface area contributed by atoms with E-state index >= 15 is 0 Å². The minimum Gasteiger partial charge on any atom is -0.507 e. The molecule has 0 saturated carbocycles. The van der Waals surface area contributed by atoms with Crippen LogP contribution in [0, 0.1) is 0 Å². The van der Waals surface area contributed by atoms with Crippen molar-refractivity contribution in [1.29, 1.82) is 0 Å². The molecule has 54 heavy (non-hydrogen) atoms. The SMILES string of the molecule is COc1cccc2c1C(=O)c1c(O)c3c(c(O)c1C2=O)C[C@@](O)(C(=O)O)C[C@@H]3O[C@H]1C[C@H]2[C@H](O[C@@H]3[C@@H](OCc4ccc(N=[N+]=[N-])cc4)OCCN32)[C@H](C)O1. The van der Waals surface area contributed by atoms with E-state index < -0.39 is 95.7 Å². The van der Waals surface area contributed by atoms with Crippen LogP contribution in [-0.4, -0.2) is 106 Å². The van der Waals surface area contributed by atoms with E-state index in [1.54, 1.807) is 31.2 Å². The number of fused-ring (bicyclic) bond motifs is 6. The van der Waals surface area contributed by atoms with E-state index in [0.717, 1.165) is 5.56 Å². The van der Waals surface area contributed by atoms with E-state index in [9.17, 15) is 34.8 Å². The Morgan fingerprint density at radius 2 is 1.83 bits per heavy atom. The van der Waals surface area contributed by atoms with Gasteiger partial charge in [0.2, 0.25) is 5.78 Å². The van der Waals surface area contributed by atoms with Gasteiger partial charge in [-0.1, -0.05) is 41.5 Å². The fraction of sp³-hybridized carbons (Fsp3) is 0.432. The molecule has 0 amide bonds. The number of azide groups is 1. The number of rotatable bonds is 8. The van der Waals surface area contributed by atoms with Gasteiger partial charge in [0.1, 0.15) is 23.4 Å². The van der Waals surface area contributed by atoms with Gasteiger partial charge >= 0.3 is 5.97 Å². The first-order valence-corrected chi connectivity index (χ1v) is 17.4. The number of benzene rings is 3. The molecule has 8 rings (SSSR count). The van der Waals surface area contributed by atoms with Crippen molar-refractivity contribution in [3.8, 4) is 17.2 Å². The highest BCUT2D eigenvalue weighted by atomic mass is 16.7. The maximum absolute atomic E-state index is 13.9. The summed E-state index contributed by atoms with van der Waals surface area (Å²) in [5.74, 6) is -4.47. The van der Waals surface area contributed by atoms with Gasteiger partial charge in [-0.2, -0.15) is 0 Å². The molecule has 282 valence electrons. The zero-order valence-corrected chi connectivity index (χ0v) is 29.1. The Bertz CT molecular complexity index is 2100. The molecular formula is C37H36N4O13. The molecule has 0 unspecified atom stereocenters. The van der Waals surface area contributed by atoms with Crippen LogP contribution < -0.4 is 4.74 Å². The van der Waals surface area contributed by atoms with Crippen LogP contribution in [0.5, 0.6) is 17.2 Å². The molecule has 3 aromatic carbocycles. The van der Waals surface area contributed by atoms with Gasteiger partial charge in [0.05, 0.1) is 49.2 Å². The quantitative estimate of drug-likeness (QED) is 0.0870. The van der Waals surface area contributed by atoms with Crippen molar-refractivity contribution in [1.82, 2.24) is 4.90 Å². The molecule has 2 aliphatic carbocycles. The van der Waals surface area contributed by atoms with Crippen LogP contribution in [0.1, 0.15) is 74.4 Å². The summed E-state index contributed by atoms with van der Waals surface area (Å²) in [5, 5.41) is 48.4. The van der Waals surface area contributed by atoms with Crippen LogP contribution in [-0.2, 0) is 41.5 Å². The summed E-state index contributed by atoms with van der Waals surface area (Å²) in [6.45, 7) is 2.83. The number of hydrogen-bond acceptors (Lipinski definition) is 14. The van der Waals surface area contributed by atoms with Crippen LogP contribution in [0.15, 0.2) is 47.6 Å². The Kier molecular flexibility index (Phi) is 9.07. The number of aromatic hydroxyl groups is 2. The van der Waals surface area contributed by atoms with Gasteiger partial charge in [0.15, 0.2) is 30.2 Å². The highest BCUT2D eigenvalue weighted by Gasteiger charge is 2.55. The average molecular weight is 745 g/mol. The van der Waals surface area contributed by atoms with Gasteiger partial charge in [-0.15, -0.1) is 0 Å². The number of carbonyl (C=O) groups is 3. The number of ether oxygens (including phenoxy) is 6. The molecule has 17 heteroatoms. The van der Waals surface area contributed by atoms with Crippen LogP contribution in [0.3, 0.4) is 0 Å². The first-order valence-electron chi connectivity index (χ1n) is 17.4. The minimum absolute atomic E-state index is 0.0635. The van der Waals surface area contributed by atoms with Gasteiger partial charge in [0, 0.05) is 59.1 Å². The summed E-state index contributed by atoms with van der Waals surface area (Å²) in [5.41, 5.74) is 6.00. The number of phenolic OH excluding ortho intramolecular Hbond substituents is 2. The highest BCUT2D eigenvalue weighted by Crippen LogP contribution is 2.53. The molecule has 17 nitrogen and oxygen atoms in total. The normalized spacial score (nSPS) is 29.9. The summed E-state index contributed by atoms with van der Waals surface area (Å²) in [6.07, 6.45) is -5.77. The third kappa shape index (κ3) is 5.77. The molecule has 3 saturated heterocycles. The largest absolute Gasteiger partial charge is 0.507 e. The van der Waals surface area contributed by atoms with E-state index in [-0.39, 0.29) is 47.1 Å². The second kappa shape index (κ2) is 13.6. The Balaban J connectivity index is 1.07. The number of carboxylic acid groups (broad SMARTS) is 1. The molecule has 3 aliphatic heterocycles. The van der Waals surface area contributed by atoms with E-state index in [4.69, 9.17) is 34.0 Å². The topological polar surface area (TPSA) is 240 Å². The first kappa shape index (κ1) is 35.9. The zero-order chi connectivity index (χ0) is 38.1. The van der Waals surface area contributed by atoms with E-state index in [1.807, 2.05) is 0 Å². The van der Waals surface area contributed by atoms with E-state index in [1.165, 1.54) is 25.3 Å². The molecular weight excluding hydrogens is 708 g/mol. The van der Waals surface area contributed by atoms with Gasteiger partial charge in [0.25, 0.3) is 0 Å². The van der Waals surface area contributed by atoms with Crippen molar-refractivity contribution in [3.63, 3.8) is 0 Å². The Morgan fingerprint density at radius 3 is 2.56 bits per heavy atom. The highest BCUT2D eigenvalue weighted by molar-refractivity contribution is 6.31. The third-order valence-corrected chi connectivity index (χ3v) is 10.9. The number of phenols is 2. The fourth-order valence-corrected chi connectivity index (χ4v) is 8.33. The lowest BCUT2D eigenvalue weighted by Crippen LogP contribution is -2.55. The number of hydrogen-bond donors (Lipinski definition) is 4. The number of nitrogens with zero attached hydrogens (tertiary/aromatic N) is 4. The summed E-state index contributed by atoms with van der Waals surface area (Å²) < 4.78 is 36.5. The molecule has 0 radical (unpaired) electrons. The second-order valence-electron chi connectivity index (χ2n) is 13.9. The molecule has 3 aromatic rings. The standard InChI is InChI=1S/C37H36N4O13/c1-16-33-21(41-10-11-50-35(34(41)54-33)51-15-17-6-8-18(9-7-17)39-40-38)12-24(52-16)53-23-14-37(48,36(46)47)13-20-26(23)32(45)28-27(30(20)43)29(42)19-4-3-5-22(49-2)25(19)31(28)44/h3-9,16,21,23-24,33-35,43,45,48H,10-15H2,1-2H3,(H,46,47)/t16-,21-,23-,24-,33+,34+,35+,37-/m0/s1. The maximum Gasteiger partial charge on any atom is 0.336 e. The number of carboxylic acids is 1. The van der Waals surface area contributed by atoms with Crippen molar-refractivity contribution in [2.75, 3.05) is 20.3 Å². The summed E-state index contributed by atoms with van der Waals surface area (Å²) in [7, 11) is 1.33. The minimum atomic E-state index is -2.47. The van der Waals surface area contributed by atoms with Gasteiger partial charge in [-0.05, 0) is 24.1 Å². The molecule has 0 spiro atoms. The Hall–Kier alpha value is -5.10. The Morgan fingerprint density at radius 1 is 1.07 bits per heavy atom. The number of carbonyl (C=O) groups excluding carboxylic acids is 2. The zero-order valence-electron chi connectivity index (χ0n) is 29.1. The van der Waals surface area contributed by atoms with E-state index in [2.05, 4.69) is 14.9 Å². The van der Waals surface area contributed by atoms with Crippen LogP contribution in [0.4, 0.5) is 5.69 Å². The van der Waals surface area contributed by atoms with E-state index in [0.29, 0.717) is 18.8 Å². The molecule has 8 atom stereocenters. The van der Waals surface area contributed by atoms with Crippen molar-refractivity contribution in [3.05, 3.63) is 91.9 Å². The number of morpholine rings is 1. The predicted octanol–water partition coefficient (Wildman–Crippen LogP) is 3.75. The van der Waals surface area contributed by atoms with Crippen molar-refractivity contribution < 1.29 is 63.2 Å². The third-order valence-electron chi connectivity index (χ3n) is 10.9. The smallest absolute Gasteiger partial charge is 0.336 e. The number of aliphatic hydroxyl groups is 1. The number of aliphatic carboxylic acids is 1. The second-order valence-corrected chi connectivity index (χ2v) is 13.9. The number of methoxy groups -OCH3 is 1. The van der Waals surface area contributed by atoms with Crippen molar-refractivity contribution in [2.45, 2.75) is 81.6 Å². The van der Waals surface area contributed by atoms with Gasteiger partial charge in [-0.25, -0.2) is 4.79 Å². The van der Waals surface area contributed by atoms with Crippen molar-refractivity contribution >= 4 is 23.2 Å². The van der Waals surface area contributed by atoms with Crippen LogP contribution in [0.2, 0.25) is 0 Å². The number of ketones is 2. The summed E-state index contributed by atoms with van der Waals surface area (Å²) in [4.78, 5) is 45.0. The van der Waals surface area contributed by atoms with Gasteiger partial charge in [-0.3, -0.25) is 14.5 Å². The molecule has 0 aromatic heterocycles. The average Bonchev–Trinajstić information content (AvgIpc) is 3.54. The molecule has 3 fully saturated rings. The Labute approximate surface area is 307 Å². The molecule has 5 aliphatic rings. The van der Waals surface area contributed by atoms with Crippen molar-refractivity contribution in [2.24, 2.45) is 5.11 Å². The predicted molar refractivity (Wildman–Crippen MR) is 182 cm³/mol. The first-order chi connectivity index (χ1) is 25.9. The van der Waals surface area contributed by atoms with Gasteiger partial charge < -0.3 is 48.8 Å². The van der Waals surface area contributed by atoms with Crippen LogP contribution in [0.25, 0.3) is 10.4 Å². The fourth-order valence-electron chi connectivity index (χ4n) is 8.33. The summed E-state index contributed by atoms with van der Waals surface area (Å²) in [6, 6.07) is 11.0. The molecule has 4 N–H and O–H groups in total. The van der Waals surface area contributed by atoms with Crippen LogP contribution >= 0.6 is 0 Å². The molecule has 0 bridgehead atoms. The molecule has 3 heterocycles. The monoisotopic (exact) mass is 744 g/mol. The lowest BCUT2D eigenvalue weighted by atomic mass is 9.73. The lowest BCUT2D eigenvalue weighted by molar-refractivity contribution is -0.264. The lowest BCUT2D eigenvalue weighted by Gasteiger charge is -2.43. The summed E-state index contributed by atoms with van der Waals surface area (Å²) >= 11 is 0.